The number of ether oxygens (including phenoxy) is 4. The summed E-state index contributed by atoms with van der Waals surface area (Å²) in [7, 11) is 0. The number of nitrogens with one attached hydrogen (secondary N) is 2. The minimum atomic E-state index is -1.41. The second-order valence-corrected chi connectivity index (χ2v) is 17.5. The molecule has 0 aromatic carbocycles. The largest absolute Gasteiger partial charge is 0.469 e. The number of rotatable bonds is 5. The van der Waals surface area contributed by atoms with Gasteiger partial charge in [0.05, 0.1) is 35.2 Å². The molecule has 7 fully saturated rings. The maximum absolute atomic E-state index is 15.0. The first-order valence-electron chi connectivity index (χ1n) is 18.8. The summed E-state index contributed by atoms with van der Waals surface area (Å²) in [5.41, 5.74) is -5.36. The molecule has 0 radical (unpaired) electrons. The molecule has 1 aromatic heterocycles. The van der Waals surface area contributed by atoms with E-state index in [1.807, 2.05) is 32.1 Å². The number of allylic oxidation sites excluding steroid dienone is 2. The molecular formula is C39H48N2O9. The smallest absolute Gasteiger partial charge is 0.339 e. The number of epoxide rings is 1. The van der Waals surface area contributed by atoms with Crippen LogP contribution in [0.3, 0.4) is 0 Å². The predicted molar refractivity (Wildman–Crippen MR) is 176 cm³/mol. The van der Waals surface area contributed by atoms with E-state index < -0.39 is 63.2 Å². The van der Waals surface area contributed by atoms with Gasteiger partial charge in [-0.15, -0.1) is 0 Å². The summed E-state index contributed by atoms with van der Waals surface area (Å²) in [6.07, 6.45) is 12.3. The molecule has 11 rings (SSSR count). The van der Waals surface area contributed by atoms with Crippen molar-refractivity contribution >= 4 is 17.7 Å². The van der Waals surface area contributed by atoms with Crippen LogP contribution in [-0.4, -0.2) is 78.2 Å². The maximum atomic E-state index is 15.0. The number of fused-ring (bicyclic) bond motifs is 2. The van der Waals surface area contributed by atoms with Crippen LogP contribution < -0.4 is 10.6 Å². The van der Waals surface area contributed by atoms with Crippen LogP contribution in [0.2, 0.25) is 0 Å². The van der Waals surface area contributed by atoms with Crippen molar-refractivity contribution in [1.82, 2.24) is 10.6 Å². The van der Waals surface area contributed by atoms with Gasteiger partial charge >= 0.3 is 11.9 Å². The average molecular weight is 689 g/mol. The molecule has 11 heteroatoms. The highest BCUT2D eigenvalue weighted by molar-refractivity contribution is 5.97. The zero-order chi connectivity index (χ0) is 34.5. The van der Waals surface area contributed by atoms with Crippen LogP contribution in [0.4, 0.5) is 0 Å². The van der Waals surface area contributed by atoms with Gasteiger partial charge < -0.3 is 33.8 Å². The van der Waals surface area contributed by atoms with Gasteiger partial charge in [0.25, 0.3) is 0 Å². The Morgan fingerprint density at radius 3 is 2.66 bits per heavy atom. The number of aryl methyl sites for hydroxylation is 1. The van der Waals surface area contributed by atoms with E-state index in [1.54, 1.807) is 6.26 Å². The molecule has 4 spiro atoms. The SMILES string of the molecule is CC1(C)OC2CC(=O)OCC23C2CCC4(C)C(c5ccoc5CCC5C=CC(C6CNCN6)CC5)OC(=O)C5OC54C24CC=CC13C(=O)C4O. The molecule has 0 amide bonds. The molecule has 3 N–H and O–H groups in total. The van der Waals surface area contributed by atoms with Crippen LogP contribution in [0.5, 0.6) is 0 Å². The van der Waals surface area contributed by atoms with Gasteiger partial charge in [-0.25, -0.2) is 4.79 Å². The van der Waals surface area contributed by atoms with Crippen LogP contribution in [0.15, 0.2) is 41.1 Å². The molecule has 10 aliphatic rings. The highest BCUT2D eigenvalue weighted by atomic mass is 16.7. The van der Waals surface area contributed by atoms with Gasteiger partial charge in [0.2, 0.25) is 0 Å². The number of cyclic esters (lactones) is 2. The molecule has 5 aliphatic heterocycles. The Balaban J connectivity index is 1.01. The summed E-state index contributed by atoms with van der Waals surface area (Å²) in [5.74, 6) is 0.325. The molecule has 5 aliphatic carbocycles. The number of furan rings is 1. The third-order valence-corrected chi connectivity index (χ3v) is 15.5. The van der Waals surface area contributed by atoms with E-state index in [4.69, 9.17) is 23.4 Å². The van der Waals surface area contributed by atoms with Crippen molar-refractivity contribution in [3.8, 4) is 0 Å². The van der Waals surface area contributed by atoms with Gasteiger partial charge in [-0.1, -0.05) is 31.2 Å². The van der Waals surface area contributed by atoms with E-state index in [1.165, 1.54) is 0 Å². The van der Waals surface area contributed by atoms with Crippen molar-refractivity contribution in [3.63, 3.8) is 0 Å². The molecular weight excluding hydrogens is 640 g/mol. The van der Waals surface area contributed by atoms with Crippen LogP contribution in [0, 0.1) is 39.4 Å². The highest BCUT2D eigenvalue weighted by Gasteiger charge is 2.94. The van der Waals surface area contributed by atoms with Crippen LogP contribution in [-0.2, 0) is 39.8 Å². The van der Waals surface area contributed by atoms with Crippen LogP contribution in [0.25, 0.3) is 0 Å². The van der Waals surface area contributed by atoms with Gasteiger partial charge in [0.1, 0.15) is 30.2 Å². The van der Waals surface area contributed by atoms with Gasteiger partial charge in [-0.2, -0.15) is 0 Å². The van der Waals surface area contributed by atoms with Gasteiger partial charge in [-0.3, -0.25) is 14.9 Å². The lowest BCUT2D eigenvalue weighted by Crippen LogP contribution is -2.79. The third-order valence-electron chi connectivity index (χ3n) is 15.5. The van der Waals surface area contributed by atoms with E-state index in [2.05, 4.69) is 29.7 Å². The number of carbonyl (C=O) groups excluding carboxylic acids is 3. The summed E-state index contributed by atoms with van der Waals surface area (Å²) in [5, 5.41) is 19.5. The van der Waals surface area contributed by atoms with Crippen LogP contribution in [0.1, 0.15) is 83.1 Å². The fourth-order valence-electron chi connectivity index (χ4n) is 13.4. The van der Waals surface area contributed by atoms with Crippen molar-refractivity contribution in [2.45, 2.75) is 114 Å². The zero-order valence-corrected chi connectivity index (χ0v) is 29.1. The number of aliphatic hydroxyl groups excluding tert-OH is 1. The first kappa shape index (κ1) is 31.9. The molecule has 1 aromatic rings. The standard InChI is InChI=1S/C39H48N2O9/c1-34(2)38-14-4-13-36(29(43)30(38)44)26(37(38)19-47-28(42)17-27(37)49-34)11-15-35(3)31(48-33(45)32-39(35,36)50-32)23-12-16-46-25(23)10-7-21-5-8-22(9-6-21)24-18-40-20-41-24/h4-5,8,12,14,16,21-22,24,26-27,29,31-32,40-41,43H,6-7,9-11,13,15,17-20H2,1-3H3. The first-order valence-corrected chi connectivity index (χ1v) is 18.8. The van der Waals surface area contributed by atoms with Crippen molar-refractivity contribution in [2.75, 3.05) is 19.8 Å². The minimum Gasteiger partial charge on any atom is -0.469 e. The maximum Gasteiger partial charge on any atom is 0.339 e. The Labute approximate surface area is 291 Å². The second kappa shape index (κ2) is 10.2. The van der Waals surface area contributed by atoms with E-state index >= 15 is 4.79 Å². The molecule has 50 heavy (non-hydrogen) atoms. The number of hydrogen-bond donors (Lipinski definition) is 3. The van der Waals surface area contributed by atoms with Crippen molar-refractivity contribution in [1.29, 1.82) is 0 Å². The fourth-order valence-corrected chi connectivity index (χ4v) is 13.4. The summed E-state index contributed by atoms with van der Waals surface area (Å²) in [4.78, 5) is 41.7. The number of hydrogen-bond acceptors (Lipinski definition) is 11. The van der Waals surface area contributed by atoms with Crippen LogP contribution >= 0.6 is 0 Å². The number of Topliss-reactive ketones (excluding diaryl/α,β-unsaturated/α-hetero) is 1. The summed E-state index contributed by atoms with van der Waals surface area (Å²) >= 11 is 0. The van der Waals surface area contributed by atoms with Crippen molar-refractivity contribution in [2.24, 2.45) is 39.4 Å². The molecule has 13 unspecified atom stereocenters. The molecule has 11 nitrogen and oxygen atoms in total. The van der Waals surface area contributed by atoms with Gasteiger partial charge in [0, 0.05) is 42.1 Å². The minimum absolute atomic E-state index is 0.0246. The van der Waals surface area contributed by atoms with E-state index in [-0.39, 0.29) is 30.7 Å². The molecule has 5 saturated heterocycles. The Kier molecular flexibility index (Phi) is 6.49. The molecule has 2 saturated carbocycles. The second-order valence-electron chi connectivity index (χ2n) is 17.5. The van der Waals surface area contributed by atoms with Crippen molar-refractivity contribution in [3.05, 3.63) is 48.0 Å². The Bertz CT molecular complexity index is 1730. The topological polar surface area (TPSA) is 149 Å². The average Bonchev–Trinajstić information content (AvgIpc) is 3.37. The summed E-state index contributed by atoms with van der Waals surface area (Å²) in [6, 6.07) is 2.42. The Morgan fingerprint density at radius 1 is 1.02 bits per heavy atom. The molecule has 2 bridgehead atoms. The monoisotopic (exact) mass is 688 g/mol. The number of ketones is 1. The molecule has 13 atom stereocenters. The summed E-state index contributed by atoms with van der Waals surface area (Å²) < 4.78 is 31.7. The van der Waals surface area contributed by atoms with Crippen molar-refractivity contribution < 1.29 is 42.9 Å². The highest BCUT2D eigenvalue weighted by Crippen LogP contribution is 2.84. The van der Waals surface area contributed by atoms with E-state index in [0.29, 0.717) is 43.6 Å². The number of esters is 2. The lowest BCUT2D eigenvalue weighted by Gasteiger charge is -2.68. The van der Waals surface area contributed by atoms with Gasteiger partial charge in [-0.05, 0) is 76.2 Å². The Morgan fingerprint density at radius 2 is 1.88 bits per heavy atom. The number of aliphatic hydroxyl groups is 1. The first-order chi connectivity index (χ1) is 24.0. The van der Waals surface area contributed by atoms with E-state index in [9.17, 15) is 14.7 Å². The molecule has 268 valence electrons. The lowest BCUT2D eigenvalue weighted by molar-refractivity contribution is -0.262. The zero-order valence-electron chi connectivity index (χ0n) is 29.1. The van der Waals surface area contributed by atoms with Gasteiger partial charge in [0.15, 0.2) is 11.9 Å². The normalized spacial score (nSPS) is 50.8. The quantitative estimate of drug-likeness (QED) is 0.237. The third kappa shape index (κ3) is 3.48. The Hall–Kier alpha value is -2.83. The summed E-state index contributed by atoms with van der Waals surface area (Å²) in [6.45, 7) is 7.80. The lowest BCUT2D eigenvalue weighted by atomic mass is 9.33. The predicted octanol–water partition coefficient (Wildman–Crippen LogP) is 3.45. The number of carbonyl (C=O) groups is 3. The van der Waals surface area contributed by atoms with E-state index in [0.717, 1.165) is 43.8 Å². The fraction of sp³-hybridized carbons (Fsp3) is 0.718. The molecule has 6 heterocycles.